The predicted molar refractivity (Wildman–Crippen MR) is 64.5 cm³/mol. The number of hydrogen-bond donors (Lipinski definition) is 2. The highest BCUT2D eigenvalue weighted by atomic mass is 32.1. The lowest BCUT2D eigenvalue weighted by molar-refractivity contribution is -0.117. The molecule has 0 unspecified atom stereocenters. The van der Waals surface area contributed by atoms with Gasteiger partial charge in [-0.2, -0.15) is 0 Å². The molecule has 2 rings (SSSR count). The van der Waals surface area contributed by atoms with E-state index in [0.29, 0.717) is 13.0 Å². The fraction of sp³-hybridized carbons (Fsp3) is 0.273. The highest BCUT2D eigenvalue weighted by Crippen LogP contribution is 2.28. The molecule has 0 radical (unpaired) electrons. The van der Waals surface area contributed by atoms with Crippen LogP contribution in [-0.2, 0) is 16.0 Å². The molecule has 0 saturated heterocycles. The average Bonchev–Trinajstić information content (AvgIpc) is 2.62. The predicted octanol–water partition coefficient (Wildman–Crippen LogP) is 0.578. The van der Waals surface area contributed by atoms with Crippen molar-refractivity contribution in [1.29, 1.82) is 0 Å². The minimum absolute atomic E-state index is 0.0247. The maximum absolute atomic E-state index is 11.8. The smallest absolute Gasteiger partial charge is 0.231 e. The van der Waals surface area contributed by atoms with E-state index in [1.807, 2.05) is 24.3 Å². The monoisotopic (exact) mass is 236 g/mol. The van der Waals surface area contributed by atoms with Crippen molar-refractivity contribution in [2.45, 2.75) is 12.5 Å². The van der Waals surface area contributed by atoms with E-state index in [4.69, 9.17) is 0 Å². The van der Waals surface area contributed by atoms with Crippen molar-refractivity contribution >= 4 is 30.7 Å². The van der Waals surface area contributed by atoms with E-state index in [9.17, 15) is 9.59 Å². The maximum Gasteiger partial charge on any atom is 0.231 e. The van der Waals surface area contributed by atoms with Gasteiger partial charge >= 0.3 is 0 Å². The highest BCUT2D eigenvalue weighted by molar-refractivity contribution is 7.78. The molecule has 0 aromatic heterocycles. The maximum atomic E-state index is 11.8. The summed E-state index contributed by atoms with van der Waals surface area (Å²) in [6.07, 6.45) is 1.16. The van der Waals surface area contributed by atoms with E-state index in [2.05, 4.69) is 17.5 Å². The van der Waals surface area contributed by atoms with E-state index >= 15 is 0 Å². The van der Waals surface area contributed by atoms with E-state index in [1.165, 1.54) is 0 Å². The lowest BCUT2D eigenvalue weighted by atomic mass is 10.2. The van der Waals surface area contributed by atoms with Gasteiger partial charge in [0.25, 0.3) is 0 Å². The van der Waals surface area contributed by atoms with Crippen molar-refractivity contribution in [3.63, 3.8) is 0 Å². The van der Waals surface area contributed by atoms with Gasteiger partial charge in [-0.3, -0.25) is 9.52 Å². The third-order valence-electron chi connectivity index (χ3n) is 2.63. The van der Waals surface area contributed by atoms with Gasteiger partial charge in [0.1, 0.15) is 6.29 Å². The molecule has 84 valence electrons. The van der Waals surface area contributed by atoms with Crippen LogP contribution in [0.4, 0.5) is 5.69 Å². The Kier molecular flexibility index (Phi) is 3.26. The molecule has 5 heteroatoms. The largest absolute Gasteiger partial charge is 0.310 e. The first-order chi connectivity index (χ1) is 7.76. The number of anilines is 1. The minimum Gasteiger partial charge on any atom is -0.310 e. The Bertz CT molecular complexity index is 422. The molecule has 1 N–H and O–H groups in total. The minimum atomic E-state index is -0.446. The molecule has 0 aliphatic carbocycles. The third-order valence-corrected chi connectivity index (χ3v) is 2.97. The molecule has 0 saturated carbocycles. The van der Waals surface area contributed by atoms with E-state index < -0.39 is 6.04 Å². The molecule has 0 bridgehead atoms. The summed E-state index contributed by atoms with van der Waals surface area (Å²) in [6.45, 7) is 0.322. The van der Waals surface area contributed by atoms with Crippen molar-refractivity contribution < 1.29 is 9.59 Å². The number of rotatable bonds is 4. The number of hydrogen-bond acceptors (Lipinski definition) is 4. The summed E-state index contributed by atoms with van der Waals surface area (Å²) in [6, 6.07) is 7.16. The molecule has 16 heavy (non-hydrogen) atoms. The second-order valence-corrected chi connectivity index (χ2v) is 3.94. The van der Waals surface area contributed by atoms with Crippen molar-refractivity contribution in [2.75, 3.05) is 11.4 Å². The van der Waals surface area contributed by atoms with Gasteiger partial charge in [0.05, 0.1) is 12.5 Å². The zero-order chi connectivity index (χ0) is 11.5. The van der Waals surface area contributed by atoms with Crippen LogP contribution in [0, 0.1) is 0 Å². The molecule has 1 aromatic rings. The number of carbonyl (C=O) groups excluding carboxylic acids is 2. The van der Waals surface area contributed by atoms with Crippen LogP contribution in [0.25, 0.3) is 0 Å². The first kappa shape index (κ1) is 11.2. The van der Waals surface area contributed by atoms with Crippen LogP contribution in [0.15, 0.2) is 24.3 Å². The van der Waals surface area contributed by atoms with Crippen LogP contribution in [0.1, 0.15) is 5.56 Å². The van der Waals surface area contributed by atoms with E-state index in [-0.39, 0.29) is 5.91 Å². The molecule has 0 fully saturated rings. The van der Waals surface area contributed by atoms with Gasteiger partial charge in [-0.1, -0.05) is 31.0 Å². The van der Waals surface area contributed by atoms with Crippen LogP contribution in [0.5, 0.6) is 0 Å². The zero-order valence-electron chi connectivity index (χ0n) is 8.59. The van der Waals surface area contributed by atoms with Gasteiger partial charge in [-0.05, 0) is 11.6 Å². The molecule has 1 aliphatic rings. The second kappa shape index (κ2) is 4.67. The molecule has 1 amide bonds. The van der Waals surface area contributed by atoms with Gasteiger partial charge in [0.2, 0.25) is 5.91 Å². The number of aldehydes is 1. The second-order valence-electron chi connectivity index (χ2n) is 3.68. The summed E-state index contributed by atoms with van der Waals surface area (Å²) < 4.78 is 2.56. The van der Waals surface area contributed by atoms with Gasteiger partial charge in [0, 0.05) is 12.2 Å². The topological polar surface area (TPSA) is 49.4 Å². The van der Waals surface area contributed by atoms with Crippen LogP contribution in [0.3, 0.4) is 0 Å². The fourth-order valence-electron chi connectivity index (χ4n) is 1.83. The highest BCUT2D eigenvalue weighted by Gasteiger charge is 2.28. The van der Waals surface area contributed by atoms with Crippen molar-refractivity contribution in [2.24, 2.45) is 0 Å². The summed E-state index contributed by atoms with van der Waals surface area (Å²) in [5.41, 5.74) is 1.90. The van der Waals surface area contributed by atoms with Crippen LogP contribution >= 0.6 is 12.8 Å². The Morgan fingerprint density at radius 1 is 1.50 bits per heavy atom. The molecular formula is C11H12N2O2S. The average molecular weight is 236 g/mol. The van der Waals surface area contributed by atoms with Crippen LogP contribution in [0.2, 0.25) is 0 Å². The first-order valence-electron chi connectivity index (χ1n) is 4.99. The van der Waals surface area contributed by atoms with Crippen LogP contribution < -0.4 is 9.62 Å². The van der Waals surface area contributed by atoms with Crippen molar-refractivity contribution in [3.8, 4) is 0 Å². The number of benzene rings is 1. The SMILES string of the molecule is O=C[C@H](CN1C(=O)Cc2ccccc21)NS. The lowest BCUT2D eigenvalue weighted by Crippen LogP contribution is -2.40. The summed E-state index contributed by atoms with van der Waals surface area (Å²) in [4.78, 5) is 24.1. The number of amides is 1. The number of thiol groups is 1. The summed E-state index contributed by atoms with van der Waals surface area (Å²) in [7, 11) is 0. The summed E-state index contributed by atoms with van der Waals surface area (Å²) in [5, 5.41) is 0. The molecule has 0 spiro atoms. The quantitative estimate of drug-likeness (QED) is 0.594. The number of nitrogens with zero attached hydrogens (tertiary/aromatic N) is 1. The number of nitrogens with one attached hydrogen (secondary N) is 1. The molecule has 4 nitrogen and oxygen atoms in total. The Labute approximate surface area is 99.2 Å². The van der Waals surface area contributed by atoms with Crippen molar-refractivity contribution in [3.05, 3.63) is 29.8 Å². The number of para-hydroxylation sites is 1. The Balaban J connectivity index is 2.22. The standard InChI is InChI=1S/C11H12N2O2S/c14-7-9(12-16)6-13-10-4-2-1-3-8(10)5-11(13)15/h1-4,7,9,12,16H,5-6H2/t9-/m0/s1. The number of carbonyl (C=O) groups is 2. The van der Waals surface area contributed by atoms with E-state index in [1.54, 1.807) is 4.90 Å². The Hall–Kier alpha value is -1.33. The molecule has 1 atom stereocenters. The Morgan fingerprint density at radius 3 is 2.94 bits per heavy atom. The fourth-order valence-corrected chi connectivity index (χ4v) is 1.97. The summed E-state index contributed by atoms with van der Waals surface area (Å²) in [5.74, 6) is 0.0247. The van der Waals surface area contributed by atoms with Gasteiger partial charge < -0.3 is 9.69 Å². The zero-order valence-corrected chi connectivity index (χ0v) is 9.48. The van der Waals surface area contributed by atoms with Crippen LogP contribution in [-0.4, -0.2) is 24.8 Å². The van der Waals surface area contributed by atoms with E-state index in [0.717, 1.165) is 17.5 Å². The molecular weight excluding hydrogens is 224 g/mol. The Morgan fingerprint density at radius 2 is 2.25 bits per heavy atom. The summed E-state index contributed by atoms with van der Waals surface area (Å²) >= 11 is 3.85. The molecule has 1 aromatic carbocycles. The van der Waals surface area contributed by atoms with Gasteiger partial charge in [-0.15, -0.1) is 0 Å². The van der Waals surface area contributed by atoms with Crippen molar-refractivity contribution in [1.82, 2.24) is 4.72 Å². The molecule has 1 heterocycles. The number of fused-ring (bicyclic) bond motifs is 1. The molecule has 1 aliphatic heterocycles. The first-order valence-corrected chi connectivity index (χ1v) is 5.44. The van der Waals surface area contributed by atoms with Gasteiger partial charge in [-0.25, -0.2) is 0 Å². The third kappa shape index (κ3) is 1.96. The van der Waals surface area contributed by atoms with Gasteiger partial charge in [0.15, 0.2) is 0 Å². The normalized spacial score (nSPS) is 16.1. The lowest BCUT2D eigenvalue weighted by Gasteiger charge is -2.20.